The van der Waals surface area contributed by atoms with Crippen molar-refractivity contribution in [2.45, 2.75) is 50.6 Å². The summed E-state index contributed by atoms with van der Waals surface area (Å²) in [7, 11) is -3.89. The number of aryl methyl sites for hydroxylation is 1. The fourth-order valence-corrected chi connectivity index (χ4v) is 5.84. The lowest BCUT2D eigenvalue weighted by atomic mass is 9.92. The minimum Gasteiger partial charge on any atom is -0.465 e. The van der Waals surface area contributed by atoms with Crippen molar-refractivity contribution in [3.05, 3.63) is 83.3 Å². The normalized spacial score (nSPS) is 15.9. The van der Waals surface area contributed by atoms with Gasteiger partial charge in [0.25, 0.3) is 0 Å². The third kappa shape index (κ3) is 5.63. The maximum absolute atomic E-state index is 13.7. The van der Waals surface area contributed by atoms with E-state index in [2.05, 4.69) is 10.6 Å². The van der Waals surface area contributed by atoms with Gasteiger partial charge in [0.15, 0.2) is 0 Å². The molecular weight excluding hydrogens is 466 g/mol. The number of carbonyl (C=O) groups excluding carboxylic acids is 2. The maximum Gasteiger partial charge on any atom is 0.243 e. The first-order valence-electron chi connectivity index (χ1n) is 11.6. The summed E-state index contributed by atoms with van der Waals surface area (Å²) in [6, 6.07) is 16.7. The van der Waals surface area contributed by atoms with Crippen LogP contribution in [-0.2, 0) is 32.6 Å². The first-order chi connectivity index (χ1) is 16.8. The number of sulfonamides is 1. The molecule has 2 amide bonds. The molecule has 1 aliphatic rings. The van der Waals surface area contributed by atoms with Gasteiger partial charge in [-0.15, -0.1) is 0 Å². The van der Waals surface area contributed by atoms with Crippen LogP contribution in [-0.4, -0.2) is 31.1 Å². The molecule has 35 heavy (non-hydrogen) atoms. The first-order valence-corrected chi connectivity index (χ1v) is 13.0. The molecule has 0 bridgehead atoms. The number of nitrogens with zero attached hydrogens (tertiary/aromatic N) is 1. The second kappa shape index (κ2) is 10.5. The molecule has 2 N–H and O–H groups in total. The van der Waals surface area contributed by atoms with Gasteiger partial charge < -0.3 is 15.1 Å². The average Bonchev–Trinajstić information content (AvgIpc) is 3.28. The molecule has 1 aromatic heterocycles. The number of benzene rings is 2. The molecule has 0 fully saturated rings. The molecule has 184 valence electrons. The Balaban J connectivity index is 1.57. The van der Waals surface area contributed by atoms with Crippen LogP contribution in [0.4, 0.5) is 5.69 Å². The van der Waals surface area contributed by atoms with Crippen LogP contribution in [0, 0.1) is 6.92 Å². The molecular formula is C26H29N3O5S. The summed E-state index contributed by atoms with van der Waals surface area (Å²) < 4.78 is 34.2. The molecule has 2 aromatic carbocycles. The van der Waals surface area contributed by atoms with Crippen molar-refractivity contribution in [2.24, 2.45) is 0 Å². The predicted octanol–water partition coefficient (Wildman–Crippen LogP) is 3.93. The number of hydrogen-bond acceptors (Lipinski definition) is 5. The van der Waals surface area contributed by atoms with Crippen molar-refractivity contribution in [1.29, 1.82) is 0 Å². The highest BCUT2D eigenvalue weighted by atomic mass is 32.2. The van der Waals surface area contributed by atoms with E-state index in [1.807, 2.05) is 37.3 Å². The Hall–Kier alpha value is -3.43. The highest BCUT2D eigenvalue weighted by Gasteiger charge is 2.37. The van der Waals surface area contributed by atoms with Crippen molar-refractivity contribution < 1.29 is 22.4 Å². The average molecular weight is 496 g/mol. The van der Waals surface area contributed by atoms with Gasteiger partial charge in [0.05, 0.1) is 17.5 Å². The number of amides is 2. The van der Waals surface area contributed by atoms with Crippen LogP contribution in [0.1, 0.15) is 48.5 Å². The number of furan rings is 1. The lowest BCUT2D eigenvalue weighted by molar-refractivity contribution is -0.122. The zero-order valence-corrected chi connectivity index (χ0v) is 20.6. The van der Waals surface area contributed by atoms with Gasteiger partial charge in [-0.2, -0.15) is 4.31 Å². The largest absolute Gasteiger partial charge is 0.465 e. The third-order valence-electron chi connectivity index (χ3n) is 6.06. The van der Waals surface area contributed by atoms with E-state index in [4.69, 9.17) is 4.42 Å². The van der Waals surface area contributed by atoms with Crippen LogP contribution in [0.2, 0.25) is 0 Å². The molecule has 0 spiro atoms. The van der Waals surface area contributed by atoms with Crippen LogP contribution in [0.5, 0.6) is 0 Å². The Bertz CT molecular complexity index is 1310. The van der Waals surface area contributed by atoms with Gasteiger partial charge in [0.2, 0.25) is 21.8 Å². The van der Waals surface area contributed by atoms with Gasteiger partial charge in [0, 0.05) is 25.1 Å². The molecule has 0 radical (unpaired) electrons. The molecule has 0 aliphatic carbocycles. The van der Waals surface area contributed by atoms with Crippen molar-refractivity contribution in [3.8, 4) is 0 Å². The topological polar surface area (TPSA) is 109 Å². The van der Waals surface area contributed by atoms with Crippen LogP contribution < -0.4 is 10.6 Å². The molecule has 0 saturated carbocycles. The SMILES string of the molecule is CCC(=O)Nc1ccc(S(=O)(=O)N2CCc3ccccc3[C@H]2CC(=O)NCc2ccc(C)o2)cc1. The lowest BCUT2D eigenvalue weighted by Gasteiger charge is -2.36. The standard InChI is InChI=1S/C26H29N3O5S/c1-3-25(30)28-20-9-12-22(13-10-20)35(32,33)29-15-14-19-6-4-5-7-23(19)24(29)16-26(31)27-17-21-11-8-18(2)34-21/h4-13,24H,3,14-17H2,1-2H3,(H,27,31)(H,28,30)/t24-/m1/s1. The first kappa shape index (κ1) is 24.7. The van der Waals surface area contributed by atoms with Gasteiger partial charge in [-0.3, -0.25) is 9.59 Å². The Labute approximate surface area is 205 Å². The van der Waals surface area contributed by atoms with Gasteiger partial charge in [-0.1, -0.05) is 31.2 Å². The molecule has 1 atom stereocenters. The zero-order chi connectivity index (χ0) is 25.0. The van der Waals surface area contributed by atoms with Crippen LogP contribution in [0.15, 0.2) is 70.0 Å². The Morgan fingerprint density at radius 1 is 1.03 bits per heavy atom. The molecule has 9 heteroatoms. The molecule has 0 saturated heterocycles. The van der Waals surface area contributed by atoms with Crippen LogP contribution >= 0.6 is 0 Å². The molecule has 2 heterocycles. The van der Waals surface area contributed by atoms with Gasteiger partial charge in [0.1, 0.15) is 11.5 Å². The summed E-state index contributed by atoms with van der Waals surface area (Å²) in [5, 5.41) is 5.56. The number of rotatable bonds is 8. The van der Waals surface area contributed by atoms with E-state index in [1.54, 1.807) is 25.1 Å². The second-order valence-electron chi connectivity index (χ2n) is 8.50. The lowest BCUT2D eigenvalue weighted by Crippen LogP contribution is -2.42. The Kier molecular flexibility index (Phi) is 7.37. The van der Waals surface area contributed by atoms with Gasteiger partial charge in [-0.25, -0.2) is 8.42 Å². The van der Waals surface area contributed by atoms with Crippen LogP contribution in [0.3, 0.4) is 0 Å². The molecule has 8 nitrogen and oxygen atoms in total. The highest BCUT2D eigenvalue weighted by Crippen LogP contribution is 2.36. The predicted molar refractivity (Wildman–Crippen MR) is 132 cm³/mol. The minimum atomic E-state index is -3.89. The van der Waals surface area contributed by atoms with E-state index in [9.17, 15) is 18.0 Å². The van der Waals surface area contributed by atoms with E-state index in [1.165, 1.54) is 16.4 Å². The molecule has 3 aromatic rings. The van der Waals surface area contributed by atoms with E-state index in [0.717, 1.165) is 16.9 Å². The number of carbonyl (C=O) groups is 2. The summed E-state index contributed by atoms with van der Waals surface area (Å²) >= 11 is 0. The summed E-state index contributed by atoms with van der Waals surface area (Å²) in [6.45, 7) is 4.08. The van der Waals surface area contributed by atoms with Crippen molar-refractivity contribution in [2.75, 3.05) is 11.9 Å². The smallest absolute Gasteiger partial charge is 0.243 e. The number of fused-ring (bicyclic) bond motifs is 1. The fraction of sp³-hybridized carbons (Fsp3) is 0.308. The summed E-state index contributed by atoms with van der Waals surface area (Å²) in [6.07, 6.45) is 0.876. The second-order valence-corrected chi connectivity index (χ2v) is 10.4. The van der Waals surface area contributed by atoms with Gasteiger partial charge in [-0.05, 0) is 60.9 Å². The molecule has 0 unspecified atom stereocenters. The van der Waals surface area contributed by atoms with E-state index in [0.29, 0.717) is 24.3 Å². The fourth-order valence-electron chi connectivity index (χ4n) is 4.24. The van der Waals surface area contributed by atoms with Crippen molar-refractivity contribution in [1.82, 2.24) is 9.62 Å². The van der Waals surface area contributed by atoms with E-state index < -0.39 is 16.1 Å². The molecule has 4 rings (SSSR count). The quantitative estimate of drug-likeness (QED) is 0.492. The summed E-state index contributed by atoms with van der Waals surface area (Å²) in [4.78, 5) is 24.6. The van der Waals surface area contributed by atoms with E-state index in [-0.39, 0.29) is 36.2 Å². The summed E-state index contributed by atoms with van der Waals surface area (Å²) in [5.41, 5.74) is 2.40. The monoisotopic (exact) mass is 495 g/mol. The third-order valence-corrected chi connectivity index (χ3v) is 7.99. The number of nitrogens with one attached hydrogen (secondary N) is 2. The minimum absolute atomic E-state index is 0.0133. The Morgan fingerprint density at radius 2 is 1.77 bits per heavy atom. The van der Waals surface area contributed by atoms with Crippen LogP contribution in [0.25, 0.3) is 0 Å². The van der Waals surface area contributed by atoms with E-state index >= 15 is 0 Å². The molecule has 1 aliphatic heterocycles. The number of hydrogen-bond donors (Lipinski definition) is 2. The summed E-state index contributed by atoms with van der Waals surface area (Å²) in [5.74, 6) is 0.982. The van der Waals surface area contributed by atoms with Crippen molar-refractivity contribution >= 4 is 27.5 Å². The Morgan fingerprint density at radius 3 is 2.46 bits per heavy atom. The number of anilines is 1. The zero-order valence-electron chi connectivity index (χ0n) is 19.8. The maximum atomic E-state index is 13.7. The highest BCUT2D eigenvalue weighted by molar-refractivity contribution is 7.89. The van der Waals surface area contributed by atoms with Gasteiger partial charge >= 0.3 is 0 Å². The van der Waals surface area contributed by atoms with Crippen molar-refractivity contribution in [3.63, 3.8) is 0 Å².